The molecule has 18 heteroatoms. The highest BCUT2D eigenvalue weighted by Crippen LogP contribution is 2.46. The number of hydrogen-bond acceptors (Lipinski definition) is 12. The molecule has 0 radical (unpaired) electrons. The maximum Gasteiger partial charge on any atom is 0.301 e. The van der Waals surface area contributed by atoms with E-state index in [1.807, 2.05) is 23.9 Å². The van der Waals surface area contributed by atoms with Gasteiger partial charge < -0.3 is 29.7 Å². The van der Waals surface area contributed by atoms with Crippen molar-refractivity contribution in [1.82, 2.24) is 34.5 Å². The predicted molar refractivity (Wildman–Crippen MR) is 216 cm³/mol. The van der Waals surface area contributed by atoms with E-state index in [9.17, 15) is 14.4 Å². The van der Waals surface area contributed by atoms with E-state index in [-0.39, 0.29) is 29.2 Å². The SMILES string of the molecule is Cn1nc(C2CCC(=O)NC2=O)c2cccc(N3CC(N4CCN(c5ncc(Cl)c(Nc6ccc7c(c6)c6c(c(=O)n7C)OCC(F)(F)C(C7CC7)N6)n5)CC4)C3)c21. The number of ether oxygens (including phenoxy) is 1. The summed E-state index contributed by atoms with van der Waals surface area (Å²) in [5.74, 6) is -3.48. The third-order valence-electron chi connectivity index (χ3n) is 12.4. The number of imide groups is 1. The molecule has 10 rings (SSSR count). The number of piperidine rings is 1. The summed E-state index contributed by atoms with van der Waals surface area (Å²) in [7, 11) is 3.50. The van der Waals surface area contributed by atoms with Gasteiger partial charge in [0.15, 0.2) is 12.4 Å². The van der Waals surface area contributed by atoms with Crippen molar-refractivity contribution in [2.24, 2.45) is 20.0 Å². The molecule has 2 unspecified atom stereocenters. The van der Waals surface area contributed by atoms with Crippen LogP contribution in [0.1, 0.15) is 37.3 Å². The highest BCUT2D eigenvalue weighted by atomic mass is 35.5. The number of rotatable bonds is 7. The van der Waals surface area contributed by atoms with Gasteiger partial charge in [0, 0.05) is 82.3 Å². The van der Waals surface area contributed by atoms with Crippen molar-refractivity contribution in [1.29, 1.82) is 0 Å². The van der Waals surface area contributed by atoms with E-state index in [1.54, 1.807) is 31.4 Å². The number of para-hydroxylation sites is 1. The molecule has 1 saturated carbocycles. The van der Waals surface area contributed by atoms with Crippen LogP contribution in [0.4, 0.5) is 37.6 Å². The number of alkyl halides is 2. The summed E-state index contributed by atoms with van der Waals surface area (Å²) in [6.45, 7) is 3.95. The van der Waals surface area contributed by atoms with Gasteiger partial charge in [-0.05, 0) is 49.4 Å². The van der Waals surface area contributed by atoms with Gasteiger partial charge in [-0.15, -0.1) is 0 Å². The Hall–Kier alpha value is -5.55. The first-order valence-electron chi connectivity index (χ1n) is 19.7. The Morgan fingerprint density at radius 2 is 1.78 bits per heavy atom. The Balaban J connectivity index is 0.817. The third-order valence-corrected chi connectivity index (χ3v) is 12.6. The lowest BCUT2D eigenvalue weighted by Gasteiger charge is -2.49. The summed E-state index contributed by atoms with van der Waals surface area (Å²) >= 11 is 6.62. The van der Waals surface area contributed by atoms with Crippen molar-refractivity contribution in [3.05, 3.63) is 63.7 Å². The van der Waals surface area contributed by atoms with E-state index in [2.05, 4.69) is 41.7 Å². The second-order valence-corrected chi connectivity index (χ2v) is 16.5. The molecule has 15 nitrogen and oxygen atoms in total. The molecule has 58 heavy (non-hydrogen) atoms. The standard InChI is InChI=1S/C40H42ClF2N11O4/c1-50-28-10-8-22(16-26(28)32-34(38(50)57)58-20-40(42,43)35(47-32)21-6-7-21)45-36-27(41)17-44-39(48-36)53-14-12-52(13-15-53)23-18-54(19-23)29-5-3-4-24-31(49-51(2)33(24)29)25-9-11-30(55)46-37(25)56/h3-5,8,10,16-17,21,23,25,35,47H,6-7,9,11-15,18-20H2,1-2H3,(H,44,45,48)(H,46,55,56). The van der Waals surface area contributed by atoms with Crippen molar-refractivity contribution in [2.45, 2.75) is 49.6 Å². The van der Waals surface area contributed by atoms with Crippen molar-refractivity contribution in [3.63, 3.8) is 0 Å². The molecule has 5 aliphatic rings. The first-order valence-corrected chi connectivity index (χ1v) is 20.1. The first kappa shape index (κ1) is 36.8. The molecule has 3 saturated heterocycles. The monoisotopic (exact) mass is 813 g/mol. The fourth-order valence-electron chi connectivity index (χ4n) is 9.00. The van der Waals surface area contributed by atoms with Gasteiger partial charge in [-0.1, -0.05) is 23.7 Å². The van der Waals surface area contributed by atoms with Crippen LogP contribution in [0.15, 0.2) is 47.4 Å². The number of benzene rings is 2. The number of nitrogens with one attached hydrogen (secondary N) is 3. The number of nitrogens with zero attached hydrogens (tertiary/aromatic N) is 8. The summed E-state index contributed by atoms with van der Waals surface area (Å²) < 4.78 is 39.1. The lowest BCUT2D eigenvalue weighted by Crippen LogP contribution is -2.63. The number of carbonyl (C=O) groups excluding carboxylic acids is 2. The zero-order valence-corrected chi connectivity index (χ0v) is 32.7. The van der Waals surface area contributed by atoms with Gasteiger partial charge in [-0.2, -0.15) is 10.1 Å². The molecule has 4 aliphatic heterocycles. The Bertz CT molecular complexity index is 2560. The van der Waals surface area contributed by atoms with Crippen LogP contribution >= 0.6 is 11.6 Å². The van der Waals surface area contributed by atoms with E-state index in [0.717, 1.165) is 55.9 Å². The molecule has 1 aliphatic carbocycles. The third kappa shape index (κ3) is 6.25. The van der Waals surface area contributed by atoms with Crippen LogP contribution in [0.25, 0.3) is 21.8 Å². The zero-order chi connectivity index (χ0) is 40.0. The number of aromatic nitrogens is 5. The minimum Gasteiger partial charge on any atom is -0.480 e. The average molecular weight is 814 g/mol. The van der Waals surface area contributed by atoms with Gasteiger partial charge in [0.2, 0.25) is 23.5 Å². The summed E-state index contributed by atoms with van der Waals surface area (Å²) in [6, 6.07) is 10.7. The molecule has 4 fully saturated rings. The van der Waals surface area contributed by atoms with Crippen LogP contribution in [-0.2, 0) is 23.7 Å². The van der Waals surface area contributed by atoms with E-state index in [1.165, 1.54) is 4.57 Å². The molecule has 0 bridgehead atoms. The van der Waals surface area contributed by atoms with Gasteiger partial charge in [-0.25, -0.2) is 13.8 Å². The lowest BCUT2D eigenvalue weighted by atomic mass is 9.92. The van der Waals surface area contributed by atoms with E-state index >= 15 is 8.78 Å². The van der Waals surface area contributed by atoms with Crippen molar-refractivity contribution < 1.29 is 23.1 Å². The minimum absolute atomic E-state index is 0.113. The quantitative estimate of drug-likeness (QED) is 0.200. The Labute approximate surface area is 336 Å². The second-order valence-electron chi connectivity index (χ2n) is 16.1. The number of carbonyl (C=O) groups is 2. The summed E-state index contributed by atoms with van der Waals surface area (Å²) in [6.07, 6.45) is 3.72. The smallest absolute Gasteiger partial charge is 0.301 e. The molecule has 2 amide bonds. The van der Waals surface area contributed by atoms with E-state index in [4.69, 9.17) is 26.4 Å². The van der Waals surface area contributed by atoms with E-state index < -0.39 is 30.0 Å². The molecule has 0 spiro atoms. The number of pyridine rings is 1. The fourth-order valence-corrected chi connectivity index (χ4v) is 9.14. The fraction of sp³-hybridized carbons (Fsp3) is 0.450. The minimum atomic E-state index is -3.13. The molecule has 3 N–H and O–H groups in total. The summed E-state index contributed by atoms with van der Waals surface area (Å²) in [4.78, 5) is 54.0. The molecular formula is C40H42ClF2N11O4. The van der Waals surface area contributed by atoms with Crippen LogP contribution in [0.3, 0.4) is 0 Å². The molecule has 7 heterocycles. The lowest BCUT2D eigenvalue weighted by molar-refractivity contribution is -0.134. The zero-order valence-electron chi connectivity index (χ0n) is 32.0. The number of aryl methyl sites for hydroxylation is 2. The number of hydrogen-bond donors (Lipinski definition) is 3. The van der Waals surface area contributed by atoms with Gasteiger partial charge in [0.25, 0.3) is 5.56 Å². The number of anilines is 5. The maximum absolute atomic E-state index is 15.1. The highest BCUT2D eigenvalue weighted by molar-refractivity contribution is 6.33. The van der Waals surface area contributed by atoms with Gasteiger partial charge in [0.05, 0.1) is 46.3 Å². The molecule has 302 valence electrons. The van der Waals surface area contributed by atoms with Gasteiger partial charge in [-0.3, -0.25) is 29.3 Å². The number of halogens is 3. The highest BCUT2D eigenvalue weighted by Gasteiger charge is 2.51. The van der Waals surface area contributed by atoms with Crippen LogP contribution < -0.4 is 36.0 Å². The van der Waals surface area contributed by atoms with Gasteiger partial charge >= 0.3 is 5.92 Å². The summed E-state index contributed by atoms with van der Waals surface area (Å²) in [5, 5.41) is 15.4. The van der Waals surface area contributed by atoms with Crippen LogP contribution in [-0.4, -0.2) is 105 Å². The van der Waals surface area contributed by atoms with Crippen molar-refractivity contribution in [3.8, 4) is 5.75 Å². The van der Waals surface area contributed by atoms with Crippen molar-refractivity contribution >= 4 is 74.0 Å². The second kappa shape index (κ2) is 13.8. The Morgan fingerprint density at radius 3 is 2.53 bits per heavy atom. The molecule has 5 aromatic rings. The average Bonchev–Trinajstić information content (AvgIpc) is 3.99. The molecular weight excluding hydrogens is 772 g/mol. The number of amides is 2. The topological polar surface area (TPSA) is 155 Å². The number of fused-ring (bicyclic) bond motifs is 4. The molecule has 3 aromatic heterocycles. The molecule has 2 aromatic carbocycles. The Morgan fingerprint density at radius 1 is 0.983 bits per heavy atom. The molecule has 2 atom stereocenters. The maximum atomic E-state index is 15.1. The Kier molecular flexibility index (Phi) is 8.74. The van der Waals surface area contributed by atoms with Crippen molar-refractivity contribution in [2.75, 3.05) is 66.3 Å². The summed E-state index contributed by atoms with van der Waals surface area (Å²) in [5.41, 5.74) is 3.74. The normalized spacial score (nSPS) is 22.6. The van der Waals surface area contributed by atoms with Crippen LogP contribution in [0, 0.1) is 5.92 Å². The van der Waals surface area contributed by atoms with Crippen LogP contribution in [0.2, 0.25) is 5.02 Å². The number of piperazine rings is 1. The van der Waals surface area contributed by atoms with Crippen LogP contribution in [0.5, 0.6) is 5.75 Å². The first-order chi connectivity index (χ1) is 27.9. The van der Waals surface area contributed by atoms with Gasteiger partial charge in [0.1, 0.15) is 5.02 Å². The largest absolute Gasteiger partial charge is 0.480 e. The predicted octanol–water partition coefficient (Wildman–Crippen LogP) is 4.36. The van der Waals surface area contributed by atoms with E-state index in [0.29, 0.717) is 70.8 Å².